The zero-order chi connectivity index (χ0) is 10.3. The fourth-order valence-electron chi connectivity index (χ4n) is 1.34. The lowest BCUT2D eigenvalue weighted by Gasteiger charge is -2.18. The zero-order valence-corrected chi connectivity index (χ0v) is 9.48. The van der Waals surface area contributed by atoms with Crippen LogP contribution in [0.3, 0.4) is 0 Å². The van der Waals surface area contributed by atoms with Crippen LogP contribution in [0, 0.1) is 0 Å². The molecule has 5 heteroatoms. The average Bonchev–Trinajstić information content (AvgIpc) is 2.50. The van der Waals surface area contributed by atoms with Gasteiger partial charge in [0.1, 0.15) is 11.9 Å². The quantitative estimate of drug-likeness (QED) is 0.845. The van der Waals surface area contributed by atoms with E-state index in [2.05, 4.69) is 26.0 Å². The highest BCUT2D eigenvalue weighted by molar-refractivity contribution is 9.10. The maximum Gasteiger partial charge on any atom is 0.169 e. The van der Waals surface area contributed by atoms with Crippen LogP contribution in [0.25, 0.3) is 5.65 Å². The molecule has 0 radical (unpaired) electrons. The van der Waals surface area contributed by atoms with Crippen molar-refractivity contribution in [1.82, 2.24) is 14.6 Å². The van der Waals surface area contributed by atoms with Crippen molar-refractivity contribution < 1.29 is 5.11 Å². The number of aliphatic hydroxyl groups is 1. The number of nitrogens with zero attached hydrogens (tertiary/aromatic N) is 3. The predicted molar refractivity (Wildman–Crippen MR) is 55.9 cm³/mol. The first-order chi connectivity index (χ1) is 6.50. The minimum absolute atomic E-state index is 0.713. The van der Waals surface area contributed by atoms with E-state index in [0.29, 0.717) is 11.3 Å². The van der Waals surface area contributed by atoms with E-state index in [9.17, 15) is 5.11 Å². The molecule has 2 aromatic heterocycles. The third-order valence-electron chi connectivity index (χ3n) is 2.00. The SMILES string of the molecule is CC(C)(O)c1ccc(Br)c2ncnn12. The second-order valence-electron chi connectivity index (χ2n) is 3.62. The van der Waals surface area contributed by atoms with Gasteiger partial charge in [-0.05, 0) is 41.9 Å². The van der Waals surface area contributed by atoms with Crippen LogP contribution < -0.4 is 0 Å². The van der Waals surface area contributed by atoms with Gasteiger partial charge in [0.05, 0.1) is 10.2 Å². The van der Waals surface area contributed by atoms with Gasteiger partial charge in [-0.15, -0.1) is 0 Å². The van der Waals surface area contributed by atoms with Crippen LogP contribution in [-0.4, -0.2) is 19.7 Å². The Bertz CT molecular complexity index is 472. The number of hydrogen-bond donors (Lipinski definition) is 1. The van der Waals surface area contributed by atoms with Crippen LogP contribution in [0.15, 0.2) is 22.9 Å². The minimum atomic E-state index is -0.924. The van der Waals surface area contributed by atoms with Gasteiger partial charge in [-0.2, -0.15) is 5.10 Å². The molecule has 0 atom stereocenters. The molecule has 0 spiro atoms. The van der Waals surface area contributed by atoms with Crippen LogP contribution in [-0.2, 0) is 5.60 Å². The molecule has 4 nitrogen and oxygen atoms in total. The van der Waals surface area contributed by atoms with Gasteiger partial charge < -0.3 is 5.11 Å². The fourth-order valence-corrected chi connectivity index (χ4v) is 1.74. The Morgan fingerprint density at radius 3 is 2.79 bits per heavy atom. The van der Waals surface area contributed by atoms with Gasteiger partial charge in [0.2, 0.25) is 0 Å². The van der Waals surface area contributed by atoms with Gasteiger partial charge >= 0.3 is 0 Å². The van der Waals surface area contributed by atoms with E-state index in [1.807, 2.05) is 12.1 Å². The number of fused-ring (bicyclic) bond motifs is 1. The monoisotopic (exact) mass is 255 g/mol. The molecule has 2 rings (SSSR count). The lowest BCUT2D eigenvalue weighted by Crippen LogP contribution is -2.20. The summed E-state index contributed by atoms with van der Waals surface area (Å²) in [4.78, 5) is 4.09. The molecule has 0 saturated heterocycles. The van der Waals surface area contributed by atoms with Crippen molar-refractivity contribution in [2.24, 2.45) is 0 Å². The van der Waals surface area contributed by atoms with Crippen LogP contribution >= 0.6 is 15.9 Å². The summed E-state index contributed by atoms with van der Waals surface area (Å²) in [6, 6.07) is 3.68. The Morgan fingerprint density at radius 1 is 1.43 bits per heavy atom. The Morgan fingerprint density at radius 2 is 2.14 bits per heavy atom. The largest absolute Gasteiger partial charge is 0.384 e. The molecule has 0 aliphatic carbocycles. The fraction of sp³-hybridized carbons (Fsp3) is 0.333. The molecular formula is C9H10BrN3O. The summed E-state index contributed by atoms with van der Waals surface area (Å²) in [7, 11) is 0. The first kappa shape index (κ1) is 9.61. The topological polar surface area (TPSA) is 50.4 Å². The summed E-state index contributed by atoms with van der Waals surface area (Å²) >= 11 is 3.37. The Hall–Kier alpha value is -0.940. The molecule has 0 aliphatic rings. The van der Waals surface area contributed by atoms with E-state index in [-0.39, 0.29) is 0 Å². The molecule has 1 N–H and O–H groups in total. The van der Waals surface area contributed by atoms with Crippen LogP contribution in [0.5, 0.6) is 0 Å². The lowest BCUT2D eigenvalue weighted by atomic mass is 10.1. The maximum absolute atomic E-state index is 9.89. The normalized spacial score (nSPS) is 12.3. The van der Waals surface area contributed by atoms with E-state index in [0.717, 1.165) is 4.47 Å². The zero-order valence-electron chi connectivity index (χ0n) is 7.90. The van der Waals surface area contributed by atoms with Crippen molar-refractivity contribution in [3.8, 4) is 0 Å². The van der Waals surface area contributed by atoms with Crippen molar-refractivity contribution in [3.63, 3.8) is 0 Å². The van der Waals surface area contributed by atoms with E-state index in [4.69, 9.17) is 0 Å². The molecule has 2 heterocycles. The van der Waals surface area contributed by atoms with E-state index < -0.39 is 5.60 Å². The molecular weight excluding hydrogens is 246 g/mol. The first-order valence-electron chi connectivity index (χ1n) is 4.21. The molecule has 2 aromatic rings. The summed E-state index contributed by atoms with van der Waals surface area (Å²) < 4.78 is 2.49. The average molecular weight is 256 g/mol. The summed E-state index contributed by atoms with van der Waals surface area (Å²) in [5, 5.41) is 14.0. The number of rotatable bonds is 1. The molecule has 0 aromatic carbocycles. The Kier molecular flexibility index (Phi) is 2.08. The van der Waals surface area contributed by atoms with E-state index in [1.165, 1.54) is 6.33 Å². The third kappa shape index (κ3) is 1.42. The van der Waals surface area contributed by atoms with Gasteiger partial charge in [-0.3, -0.25) is 0 Å². The summed E-state index contributed by atoms with van der Waals surface area (Å²) in [5.41, 5.74) is 0.505. The van der Waals surface area contributed by atoms with Gasteiger partial charge in [0, 0.05) is 0 Å². The highest BCUT2D eigenvalue weighted by Crippen LogP contribution is 2.23. The molecule has 0 unspecified atom stereocenters. The standard InChI is InChI=1S/C9H10BrN3O/c1-9(2,14)7-4-3-6(10)8-11-5-12-13(7)8/h3-5,14H,1-2H3. The second-order valence-corrected chi connectivity index (χ2v) is 4.48. The molecule has 0 bridgehead atoms. The summed E-state index contributed by atoms with van der Waals surface area (Å²) in [5.74, 6) is 0. The van der Waals surface area contributed by atoms with Crippen molar-refractivity contribution in [1.29, 1.82) is 0 Å². The Balaban J connectivity index is 2.80. The number of aromatic nitrogens is 3. The molecule has 0 saturated carbocycles. The van der Waals surface area contributed by atoms with Gasteiger partial charge in [0.15, 0.2) is 5.65 Å². The predicted octanol–water partition coefficient (Wildman–Crippen LogP) is 1.72. The number of hydrogen-bond acceptors (Lipinski definition) is 3. The van der Waals surface area contributed by atoms with Crippen molar-refractivity contribution in [2.75, 3.05) is 0 Å². The van der Waals surface area contributed by atoms with Crippen LogP contribution in [0.2, 0.25) is 0 Å². The smallest absolute Gasteiger partial charge is 0.169 e. The van der Waals surface area contributed by atoms with Crippen molar-refractivity contribution >= 4 is 21.6 Å². The molecule has 74 valence electrons. The molecule has 14 heavy (non-hydrogen) atoms. The highest BCUT2D eigenvalue weighted by atomic mass is 79.9. The van der Waals surface area contributed by atoms with Crippen LogP contribution in [0.1, 0.15) is 19.5 Å². The van der Waals surface area contributed by atoms with Gasteiger partial charge in [-0.25, -0.2) is 9.50 Å². The first-order valence-corrected chi connectivity index (χ1v) is 5.00. The summed E-state index contributed by atoms with van der Waals surface area (Å²) in [6.07, 6.45) is 1.47. The van der Waals surface area contributed by atoms with Crippen LogP contribution in [0.4, 0.5) is 0 Å². The Labute approximate surface area is 89.7 Å². The number of pyridine rings is 1. The second kappa shape index (κ2) is 3.03. The number of halogens is 1. The third-order valence-corrected chi connectivity index (χ3v) is 2.62. The van der Waals surface area contributed by atoms with Crippen molar-refractivity contribution in [3.05, 3.63) is 28.6 Å². The van der Waals surface area contributed by atoms with E-state index >= 15 is 0 Å². The highest BCUT2D eigenvalue weighted by Gasteiger charge is 2.20. The van der Waals surface area contributed by atoms with Gasteiger partial charge in [0.25, 0.3) is 0 Å². The van der Waals surface area contributed by atoms with E-state index in [1.54, 1.807) is 18.4 Å². The molecule has 0 fully saturated rings. The lowest BCUT2D eigenvalue weighted by molar-refractivity contribution is 0.0714. The molecule has 0 amide bonds. The maximum atomic E-state index is 9.89. The minimum Gasteiger partial charge on any atom is -0.384 e. The summed E-state index contributed by atoms with van der Waals surface area (Å²) in [6.45, 7) is 3.44. The van der Waals surface area contributed by atoms with Gasteiger partial charge in [-0.1, -0.05) is 0 Å². The van der Waals surface area contributed by atoms with Crippen molar-refractivity contribution in [2.45, 2.75) is 19.4 Å². The molecule has 0 aliphatic heterocycles.